The summed E-state index contributed by atoms with van der Waals surface area (Å²) in [6, 6.07) is 73.9. The van der Waals surface area contributed by atoms with Crippen molar-refractivity contribution in [1.29, 1.82) is 0 Å². The van der Waals surface area contributed by atoms with Crippen molar-refractivity contribution in [1.82, 2.24) is 0 Å². The Labute approximate surface area is 337 Å². The van der Waals surface area contributed by atoms with Gasteiger partial charge in [0.05, 0.1) is 5.69 Å². The van der Waals surface area contributed by atoms with Crippen LogP contribution in [0.3, 0.4) is 0 Å². The highest BCUT2D eigenvalue weighted by Gasteiger charge is 2.37. The second-order valence-electron chi connectivity index (χ2n) is 15.7. The first kappa shape index (κ1) is 33.6. The average Bonchev–Trinajstić information content (AvgIpc) is 3.76. The second kappa shape index (κ2) is 13.2. The van der Waals surface area contributed by atoms with Crippen molar-refractivity contribution in [2.24, 2.45) is 0 Å². The van der Waals surface area contributed by atoms with Crippen LogP contribution in [-0.2, 0) is 5.41 Å². The summed E-state index contributed by atoms with van der Waals surface area (Å²) in [5, 5.41) is 5.13. The van der Waals surface area contributed by atoms with Crippen molar-refractivity contribution in [3.8, 4) is 44.5 Å². The Morgan fingerprint density at radius 3 is 1.95 bits per heavy atom. The maximum absolute atomic E-state index is 2.46. The summed E-state index contributed by atoms with van der Waals surface area (Å²) in [4.78, 5) is 2.46. The third-order valence-corrected chi connectivity index (χ3v) is 13.3. The van der Waals surface area contributed by atoms with Crippen LogP contribution in [0.1, 0.15) is 25.0 Å². The molecule has 11 rings (SSSR count). The molecule has 0 spiro atoms. The molecule has 0 unspecified atom stereocenters. The molecule has 2 heteroatoms. The standard InChI is InChI=1S/C55H39NS/c1-55(2)49-24-8-5-20-48(49)53-46(22-13-25-50(53)55)44-18-6-9-26-51(44)56(41-32-30-37(31-33-41)39-29-28-36-14-3-4-15-38(36)34-39)42-17-11-16-40(35-42)43-21-12-23-47-45-19-7-10-27-52(45)57-54(43)47/h3-35H,1-2H3. The Bertz CT molecular complexity index is 3170. The first-order valence-electron chi connectivity index (χ1n) is 19.8. The van der Waals surface area contributed by atoms with Crippen molar-refractivity contribution in [2.45, 2.75) is 19.3 Å². The fourth-order valence-corrected chi connectivity index (χ4v) is 10.5. The van der Waals surface area contributed by atoms with Crippen LogP contribution in [0, 0.1) is 0 Å². The van der Waals surface area contributed by atoms with Gasteiger partial charge in [0.1, 0.15) is 0 Å². The van der Waals surface area contributed by atoms with E-state index in [2.05, 4.69) is 219 Å². The monoisotopic (exact) mass is 745 g/mol. The van der Waals surface area contributed by atoms with Gasteiger partial charge in [0.25, 0.3) is 0 Å². The van der Waals surface area contributed by atoms with Crippen molar-refractivity contribution in [2.75, 3.05) is 4.90 Å². The number of benzene rings is 9. The van der Waals surface area contributed by atoms with Crippen LogP contribution in [0.15, 0.2) is 200 Å². The minimum absolute atomic E-state index is 0.0862. The van der Waals surface area contributed by atoms with Crippen LogP contribution in [0.2, 0.25) is 0 Å². The summed E-state index contributed by atoms with van der Waals surface area (Å²) in [6.45, 7) is 4.72. The topological polar surface area (TPSA) is 3.24 Å². The molecule has 9 aromatic carbocycles. The molecular weight excluding hydrogens is 707 g/mol. The lowest BCUT2D eigenvalue weighted by Gasteiger charge is -2.29. The van der Waals surface area contributed by atoms with E-state index in [0.29, 0.717) is 0 Å². The Balaban J connectivity index is 1.10. The van der Waals surface area contributed by atoms with Crippen molar-refractivity contribution < 1.29 is 0 Å². The van der Waals surface area contributed by atoms with E-state index in [4.69, 9.17) is 0 Å². The van der Waals surface area contributed by atoms with Crippen LogP contribution in [0.4, 0.5) is 17.1 Å². The maximum Gasteiger partial charge on any atom is 0.0540 e. The molecule has 0 bridgehead atoms. The van der Waals surface area contributed by atoms with Gasteiger partial charge in [-0.2, -0.15) is 0 Å². The number of nitrogens with zero attached hydrogens (tertiary/aromatic N) is 1. The lowest BCUT2D eigenvalue weighted by molar-refractivity contribution is 0.660. The summed E-state index contributed by atoms with van der Waals surface area (Å²) in [7, 11) is 0. The van der Waals surface area contributed by atoms with E-state index in [9.17, 15) is 0 Å². The van der Waals surface area contributed by atoms with Crippen molar-refractivity contribution in [3.05, 3.63) is 211 Å². The van der Waals surface area contributed by atoms with E-state index in [1.165, 1.54) is 86.6 Å². The lowest BCUT2D eigenvalue weighted by Crippen LogP contribution is -2.14. The molecule has 270 valence electrons. The Hall–Kier alpha value is -6.74. The third-order valence-electron chi connectivity index (χ3n) is 12.1. The molecule has 0 fully saturated rings. The van der Waals surface area contributed by atoms with Gasteiger partial charge in [-0.15, -0.1) is 11.3 Å². The molecule has 0 saturated carbocycles. The van der Waals surface area contributed by atoms with Gasteiger partial charge < -0.3 is 4.90 Å². The molecule has 1 heterocycles. The number of anilines is 3. The van der Waals surface area contributed by atoms with Gasteiger partial charge in [-0.3, -0.25) is 0 Å². The first-order valence-corrected chi connectivity index (χ1v) is 20.6. The van der Waals surface area contributed by atoms with E-state index < -0.39 is 0 Å². The predicted octanol–water partition coefficient (Wildman–Crippen LogP) is 16.0. The molecule has 1 aliphatic carbocycles. The second-order valence-corrected chi connectivity index (χ2v) is 16.7. The molecule has 57 heavy (non-hydrogen) atoms. The van der Waals surface area contributed by atoms with Crippen LogP contribution in [-0.4, -0.2) is 0 Å². The summed E-state index contributed by atoms with van der Waals surface area (Å²) >= 11 is 1.88. The Morgan fingerprint density at radius 1 is 0.404 bits per heavy atom. The van der Waals surface area contributed by atoms with Gasteiger partial charge in [0.15, 0.2) is 0 Å². The maximum atomic E-state index is 2.46. The van der Waals surface area contributed by atoms with Crippen molar-refractivity contribution >= 4 is 59.3 Å². The molecule has 0 amide bonds. The van der Waals surface area contributed by atoms with Gasteiger partial charge in [-0.1, -0.05) is 172 Å². The quantitative estimate of drug-likeness (QED) is 0.164. The van der Waals surface area contributed by atoms with Crippen LogP contribution in [0.25, 0.3) is 75.5 Å². The molecule has 1 aliphatic rings. The highest BCUT2D eigenvalue weighted by molar-refractivity contribution is 7.26. The third kappa shape index (κ3) is 5.44. The number of hydrogen-bond donors (Lipinski definition) is 0. The summed E-state index contributed by atoms with van der Waals surface area (Å²) < 4.78 is 2.64. The first-order chi connectivity index (χ1) is 28.0. The normalized spacial score (nSPS) is 12.9. The van der Waals surface area contributed by atoms with Crippen LogP contribution < -0.4 is 4.90 Å². The zero-order chi connectivity index (χ0) is 38.1. The van der Waals surface area contributed by atoms with Crippen LogP contribution in [0.5, 0.6) is 0 Å². The van der Waals surface area contributed by atoms with E-state index >= 15 is 0 Å². The van der Waals surface area contributed by atoms with Crippen LogP contribution >= 0.6 is 11.3 Å². The number of rotatable bonds is 6. The largest absolute Gasteiger partial charge is 0.310 e. The minimum atomic E-state index is -0.0862. The number of fused-ring (bicyclic) bond motifs is 7. The lowest BCUT2D eigenvalue weighted by atomic mass is 9.82. The molecule has 10 aromatic rings. The SMILES string of the molecule is CC1(C)c2ccccc2-c2c(-c3ccccc3N(c3ccc(-c4ccc5ccccc5c4)cc3)c3cccc(-c4cccc5c4sc4ccccc45)c3)cccc21. The molecule has 0 aliphatic heterocycles. The fourth-order valence-electron chi connectivity index (χ4n) is 9.26. The molecular formula is C55H39NS. The number of para-hydroxylation sites is 1. The Morgan fingerprint density at radius 2 is 1.05 bits per heavy atom. The highest BCUT2D eigenvalue weighted by atomic mass is 32.1. The smallest absolute Gasteiger partial charge is 0.0540 e. The zero-order valence-corrected chi connectivity index (χ0v) is 32.7. The summed E-state index contributed by atoms with van der Waals surface area (Å²) in [6.07, 6.45) is 0. The highest BCUT2D eigenvalue weighted by Crippen LogP contribution is 2.54. The van der Waals surface area contributed by atoms with E-state index in [-0.39, 0.29) is 5.41 Å². The van der Waals surface area contributed by atoms with Gasteiger partial charge in [0, 0.05) is 42.5 Å². The molecule has 1 nitrogen and oxygen atoms in total. The summed E-state index contributed by atoms with van der Waals surface area (Å²) in [5.41, 5.74) is 16.0. The average molecular weight is 746 g/mol. The van der Waals surface area contributed by atoms with E-state index in [0.717, 1.165) is 17.1 Å². The van der Waals surface area contributed by atoms with Gasteiger partial charge >= 0.3 is 0 Å². The molecule has 0 saturated heterocycles. The fraction of sp³-hybridized carbons (Fsp3) is 0.0545. The predicted molar refractivity (Wildman–Crippen MR) is 245 cm³/mol. The van der Waals surface area contributed by atoms with Gasteiger partial charge in [-0.05, 0) is 103 Å². The van der Waals surface area contributed by atoms with Crippen molar-refractivity contribution in [3.63, 3.8) is 0 Å². The summed E-state index contributed by atoms with van der Waals surface area (Å²) in [5.74, 6) is 0. The van der Waals surface area contributed by atoms with Gasteiger partial charge in [0.2, 0.25) is 0 Å². The van der Waals surface area contributed by atoms with E-state index in [1.807, 2.05) is 11.3 Å². The number of hydrogen-bond acceptors (Lipinski definition) is 2. The number of thiophene rings is 1. The Kier molecular flexibility index (Phi) is 7.77. The van der Waals surface area contributed by atoms with Gasteiger partial charge in [-0.25, -0.2) is 0 Å². The molecule has 0 N–H and O–H groups in total. The zero-order valence-electron chi connectivity index (χ0n) is 31.9. The molecule has 0 radical (unpaired) electrons. The molecule has 1 aromatic heterocycles. The minimum Gasteiger partial charge on any atom is -0.310 e. The molecule has 0 atom stereocenters. The van der Waals surface area contributed by atoms with E-state index in [1.54, 1.807) is 0 Å².